The zero-order valence-electron chi connectivity index (χ0n) is 20.1. The molecular formula is C27H25N5O3S2. The molecule has 188 valence electrons. The van der Waals surface area contributed by atoms with Gasteiger partial charge in [0, 0.05) is 41.4 Å². The lowest BCUT2D eigenvalue weighted by Gasteiger charge is -2.10. The van der Waals surface area contributed by atoms with Crippen LogP contribution in [0.15, 0.2) is 84.5 Å². The van der Waals surface area contributed by atoms with Gasteiger partial charge in [0.1, 0.15) is 38.5 Å². The number of hydrogen-bond donors (Lipinski definition) is 2. The second-order valence-corrected chi connectivity index (χ2v) is 11.7. The Bertz CT molecular complexity index is 1600. The molecule has 0 aliphatic carbocycles. The van der Waals surface area contributed by atoms with Crippen molar-refractivity contribution in [2.45, 2.75) is 6.54 Å². The molecule has 5 aromatic rings. The summed E-state index contributed by atoms with van der Waals surface area (Å²) in [6.45, 7) is 0.929. The largest absolute Gasteiger partial charge is 0.457 e. The van der Waals surface area contributed by atoms with Gasteiger partial charge in [-0.3, -0.25) is 0 Å². The third-order valence-corrected chi connectivity index (χ3v) is 7.30. The summed E-state index contributed by atoms with van der Waals surface area (Å²) in [5, 5.41) is 10.3. The molecule has 0 radical (unpaired) electrons. The lowest BCUT2D eigenvalue weighted by Crippen LogP contribution is -2.21. The predicted molar refractivity (Wildman–Crippen MR) is 148 cm³/mol. The normalized spacial score (nSPS) is 11.5. The van der Waals surface area contributed by atoms with Gasteiger partial charge in [0.2, 0.25) is 0 Å². The Balaban J connectivity index is 1.26. The quantitative estimate of drug-likeness (QED) is 0.230. The molecule has 0 amide bonds. The molecule has 37 heavy (non-hydrogen) atoms. The number of fused-ring (bicyclic) bond motifs is 1. The second kappa shape index (κ2) is 11.0. The van der Waals surface area contributed by atoms with Crippen molar-refractivity contribution >= 4 is 43.6 Å². The van der Waals surface area contributed by atoms with Crippen molar-refractivity contribution < 1.29 is 13.2 Å². The van der Waals surface area contributed by atoms with E-state index in [1.54, 1.807) is 6.33 Å². The lowest BCUT2D eigenvalue weighted by atomic mass is 10.1. The molecule has 0 saturated carbocycles. The van der Waals surface area contributed by atoms with E-state index in [2.05, 4.69) is 25.6 Å². The average Bonchev–Trinajstić information content (AvgIpc) is 3.37. The average molecular weight is 532 g/mol. The summed E-state index contributed by atoms with van der Waals surface area (Å²) in [6.07, 6.45) is 2.78. The maximum Gasteiger partial charge on any atom is 0.148 e. The van der Waals surface area contributed by atoms with E-state index in [1.165, 1.54) is 17.6 Å². The fourth-order valence-corrected chi connectivity index (χ4v) is 4.95. The highest BCUT2D eigenvalue weighted by Gasteiger charge is 2.10. The summed E-state index contributed by atoms with van der Waals surface area (Å²) in [6, 6.07) is 23.4. The monoisotopic (exact) mass is 531 g/mol. The minimum absolute atomic E-state index is 0.109. The number of sulfone groups is 1. The molecule has 0 atom stereocenters. The number of thiazole rings is 1. The molecule has 0 fully saturated rings. The number of para-hydroxylation sites is 1. The van der Waals surface area contributed by atoms with Crippen molar-refractivity contribution in [3.63, 3.8) is 0 Å². The summed E-state index contributed by atoms with van der Waals surface area (Å²) in [5.74, 6) is 2.36. The van der Waals surface area contributed by atoms with Crippen LogP contribution in [0.1, 0.15) is 5.01 Å². The first-order chi connectivity index (χ1) is 17.9. The van der Waals surface area contributed by atoms with Crippen molar-refractivity contribution in [3.05, 3.63) is 89.5 Å². The SMILES string of the molecule is CS(=O)(=O)CCNCc1nc(-c2ccc3c(Nc4ccc(Oc5ccccc5)cc4)ncnc3c2)cs1. The number of benzene rings is 3. The Morgan fingerprint density at radius 3 is 2.51 bits per heavy atom. The summed E-state index contributed by atoms with van der Waals surface area (Å²) in [5.41, 5.74) is 3.50. The van der Waals surface area contributed by atoms with Crippen LogP contribution in [0.3, 0.4) is 0 Å². The molecule has 10 heteroatoms. The van der Waals surface area contributed by atoms with Gasteiger partial charge in [-0.15, -0.1) is 11.3 Å². The number of aromatic nitrogens is 3. The van der Waals surface area contributed by atoms with Crippen molar-refractivity contribution in [1.82, 2.24) is 20.3 Å². The first-order valence-electron chi connectivity index (χ1n) is 11.6. The first kappa shape index (κ1) is 24.8. The van der Waals surface area contributed by atoms with Crippen LogP contribution in [-0.4, -0.2) is 41.9 Å². The molecule has 0 saturated heterocycles. The standard InChI is InChI=1S/C27H25N5O3S2/c1-37(33,34)14-13-28-16-26-32-25(17-36-26)19-7-12-23-24(15-19)29-18-30-27(23)31-20-8-10-22(11-9-20)35-21-5-3-2-4-6-21/h2-12,15,17-18,28H,13-14,16H2,1H3,(H,29,30,31). The Kier molecular flexibility index (Phi) is 7.40. The first-order valence-corrected chi connectivity index (χ1v) is 14.5. The molecule has 0 aliphatic heterocycles. The van der Waals surface area contributed by atoms with Gasteiger partial charge in [-0.05, 0) is 48.5 Å². The summed E-state index contributed by atoms with van der Waals surface area (Å²) < 4.78 is 28.4. The molecule has 5 rings (SSSR count). The number of ether oxygens (including phenoxy) is 1. The van der Waals surface area contributed by atoms with Gasteiger partial charge in [0.25, 0.3) is 0 Å². The zero-order valence-corrected chi connectivity index (χ0v) is 21.7. The van der Waals surface area contributed by atoms with E-state index in [9.17, 15) is 8.42 Å². The van der Waals surface area contributed by atoms with Crippen molar-refractivity contribution in [2.24, 2.45) is 0 Å². The third kappa shape index (κ3) is 6.67. The minimum Gasteiger partial charge on any atom is -0.457 e. The Morgan fingerprint density at radius 1 is 0.946 bits per heavy atom. The maximum atomic E-state index is 11.3. The smallest absolute Gasteiger partial charge is 0.148 e. The Morgan fingerprint density at radius 2 is 1.73 bits per heavy atom. The van der Waals surface area contributed by atoms with Crippen LogP contribution in [0.2, 0.25) is 0 Å². The number of anilines is 2. The summed E-state index contributed by atoms with van der Waals surface area (Å²) >= 11 is 1.54. The fraction of sp³-hybridized carbons (Fsp3) is 0.148. The van der Waals surface area contributed by atoms with Gasteiger partial charge < -0.3 is 15.4 Å². The number of hydrogen-bond acceptors (Lipinski definition) is 9. The highest BCUT2D eigenvalue weighted by molar-refractivity contribution is 7.90. The molecule has 2 N–H and O–H groups in total. The van der Waals surface area contributed by atoms with Crippen LogP contribution in [0.25, 0.3) is 22.2 Å². The van der Waals surface area contributed by atoms with Crippen LogP contribution in [0.4, 0.5) is 11.5 Å². The van der Waals surface area contributed by atoms with Gasteiger partial charge in [0.15, 0.2) is 0 Å². The van der Waals surface area contributed by atoms with Crippen LogP contribution >= 0.6 is 11.3 Å². The van der Waals surface area contributed by atoms with E-state index in [0.29, 0.717) is 18.9 Å². The van der Waals surface area contributed by atoms with Crippen LogP contribution in [0, 0.1) is 0 Å². The van der Waals surface area contributed by atoms with Crippen LogP contribution in [0.5, 0.6) is 11.5 Å². The van der Waals surface area contributed by atoms with Crippen molar-refractivity contribution in [3.8, 4) is 22.8 Å². The van der Waals surface area contributed by atoms with Gasteiger partial charge in [-0.2, -0.15) is 0 Å². The zero-order chi connectivity index (χ0) is 25.7. The molecule has 0 aliphatic rings. The number of rotatable bonds is 10. The highest BCUT2D eigenvalue weighted by atomic mass is 32.2. The topological polar surface area (TPSA) is 106 Å². The molecule has 2 heterocycles. The summed E-state index contributed by atoms with van der Waals surface area (Å²) in [7, 11) is -2.98. The maximum absolute atomic E-state index is 11.3. The van der Waals surface area contributed by atoms with Crippen LogP contribution < -0.4 is 15.4 Å². The molecule has 3 aromatic carbocycles. The lowest BCUT2D eigenvalue weighted by molar-refractivity contribution is 0.483. The molecule has 8 nitrogen and oxygen atoms in total. The van der Waals surface area contributed by atoms with Crippen molar-refractivity contribution in [2.75, 3.05) is 23.9 Å². The molecular weight excluding hydrogens is 506 g/mol. The van der Waals surface area contributed by atoms with E-state index < -0.39 is 9.84 Å². The Hall–Kier alpha value is -3.86. The van der Waals surface area contributed by atoms with E-state index in [1.807, 2.05) is 78.2 Å². The predicted octanol–water partition coefficient (Wildman–Crippen LogP) is 5.42. The van der Waals surface area contributed by atoms with Gasteiger partial charge in [-0.1, -0.05) is 24.3 Å². The molecule has 0 bridgehead atoms. The number of nitrogens with one attached hydrogen (secondary N) is 2. The number of nitrogens with zero attached hydrogens (tertiary/aromatic N) is 3. The molecule has 2 aromatic heterocycles. The fourth-order valence-electron chi connectivity index (χ4n) is 3.66. The van der Waals surface area contributed by atoms with Crippen LogP contribution in [-0.2, 0) is 16.4 Å². The Labute approximate surface area is 219 Å². The highest BCUT2D eigenvalue weighted by Crippen LogP contribution is 2.30. The third-order valence-electron chi connectivity index (χ3n) is 5.51. The van der Waals surface area contributed by atoms with Gasteiger partial charge in [-0.25, -0.2) is 23.4 Å². The second-order valence-electron chi connectivity index (χ2n) is 8.45. The van der Waals surface area contributed by atoms with E-state index in [0.717, 1.165) is 44.4 Å². The van der Waals surface area contributed by atoms with Gasteiger partial charge >= 0.3 is 0 Å². The summed E-state index contributed by atoms with van der Waals surface area (Å²) in [4.78, 5) is 13.6. The van der Waals surface area contributed by atoms with Crippen molar-refractivity contribution in [1.29, 1.82) is 0 Å². The van der Waals surface area contributed by atoms with E-state index in [4.69, 9.17) is 4.74 Å². The minimum atomic E-state index is -2.98. The molecule has 0 spiro atoms. The van der Waals surface area contributed by atoms with E-state index >= 15 is 0 Å². The van der Waals surface area contributed by atoms with Gasteiger partial charge in [0.05, 0.1) is 17.0 Å². The van der Waals surface area contributed by atoms with E-state index in [-0.39, 0.29) is 5.75 Å². The molecule has 0 unspecified atom stereocenters.